The molecule has 0 aliphatic carbocycles. The molecule has 7 nitrogen and oxygen atoms in total. The van der Waals surface area contributed by atoms with Crippen LogP contribution in [0, 0.1) is 0 Å². The third-order valence-corrected chi connectivity index (χ3v) is 4.62. The van der Waals surface area contributed by atoms with E-state index >= 15 is 0 Å². The maximum atomic E-state index is 5.33. The molecule has 0 aliphatic rings. The summed E-state index contributed by atoms with van der Waals surface area (Å²) in [6.45, 7) is 2.17. The highest BCUT2D eigenvalue weighted by molar-refractivity contribution is 5.85. The second-order valence-electron chi connectivity index (χ2n) is 6.47. The van der Waals surface area contributed by atoms with E-state index in [-0.39, 0.29) is 12.4 Å². The molecular formula is C21H23ClN6O. The average Bonchev–Trinajstić information content (AvgIpc) is 3.41. The first-order valence-corrected chi connectivity index (χ1v) is 9.10. The van der Waals surface area contributed by atoms with Gasteiger partial charge in [0.25, 0.3) is 0 Å². The van der Waals surface area contributed by atoms with E-state index in [1.54, 1.807) is 19.8 Å². The van der Waals surface area contributed by atoms with Crippen LogP contribution in [-0.4, -0.2) is 32.1 Å². The number of aromatic amines is 1. The van der Waals surface area contributed by atoms with Crippen LogP contribution in [0.15, 0.2) is 67.4 Å². The summed E-state index contributed by atoms with van der Waals surface area (Å²) in [6, 6.07) is 16.3. The number of aromatic nitrogens is 5. The Bertz CT molecular complexity index is 1030. The van der Waals surface area contributed by atoms with Gasteiger partial charge in [0.05, 0.1) is 25.5 Å². The highest BCUT2D eigenvalue weighted by atomic mass is 35.5. The SMILES string of the molecule is COc1cccc(-c2[nH]ncc2CNCc2ccccc2Cn2cncn2)c1.Cl. The molecule has 0 atom stereocenters. The number of rotatable bonds is 8. The van der Waals surface area contributed by atoms with Crippen molar-refractivity contribution in [3.8, 4) is 17.0 Å². The van der Waals surface area contributed by atoms with Gasteiger partial charge in [-0.1, -0.05) is 36.4 Å². The molecule has 0 radical (unpaired) electrons. The lowest BCUT2D eigenvalue weighted by atomic mass is 10.1. The van der Waals surface area contributed by atoms with Gasteiger partial charge in [-0.3, -0.25) is 5.10 Å². The van der Waals surface area contributed by atoms with E-state index < -0.39 is 0 Å². The van der Waals surface area contributed by atoms with Crippen molar-refractivity contribution in [2.24, 2.45) is 0 Å². The summed E-state index contributed by atoms with van der Waals surface area (Å²) in [4.78, 5) is 4.01. The van der Waals surface area contributed by atoms with Gasteiger partial charge in [-0.15, -0.1) is 12.4 Å². The van der Waals surface area contributed by atoms with Crippen LogP contribution in [0.2, 0.25) is 0 Å². The van der Waals surface area contributed by atoms with Crippen molar-refractivity contribution in [2.45, 2.75) is 19.6 Å². The van der Waals surface area contributed by atoms with E-state index in [2.05, 4.69) is 43.8 Å². The molecule has 2 aromatic heterocycles. The van der Waals surface area contributed by atoms with Crippen molar-refractivity contribution in [1.29, 1.82) is 0 Å². The second-order valence-corrected chi connectivity index (χ2v) is 6.47. The molecule has 2 aromatic carbocycles. The van der Waals surface area contributed by atoms with E-state index in [1.807, 2.05) is 41.2 Å². The molecule has 0 spiro atoms. The summed E-state index contributed by atoms with van der Waals surface area (Å²) in [5.74, 6) is 0.827. The Hall–Kier alpha value is -3.16. The van der Waals surface area contributed by atoms with Crippen LogP contribution in [0.5, 0.6) is 5.75 Å². The number of hydrogen-bond donors (Lipinski definition) is 2. The standard InChI is InChI=1S/C21H22N6O.ClH/c1-28-20-8-4-7-16(9-20)21-19(12-24-26-21)11-22-10-17-5-2-3-6-18(17)13-27-15-23-14-25-27;/h2-9,12,14-15,22H,10-11,13H2,1H3,(H,24,26);1H. The number of halogens is 1. The molecule has 0 fully saturated rings. The van der Waals surface area contributed by atoms with E-state index in [4.69, 9.17) is 4.74 Å². The molecule has 0 saturated carbocycles. The van der Waals surface area contributed by atoms with Crippen molar-refractivity contribution in [1.82, 2.24) is 30.3 Å². The van der Waals surface area contributed by atoms with Gasteiger partial charge >= 0.3 is 0 Å². The summed E-state index contributed by atoms with van der Waals surface area (Å²) in [7, 11) is 1.67. The fourth-order valence-corrected chi connectivity index (χ4v) is 3.18. The lowest BCUT2D eigenvalue weighted by molar-refractivity contribution is 0.415. The molecule has 4 aromatic rings. The Morgan fingerprint density at radius 1 is 1.03 bits per heavy atom. The van der Waals surface area contributed by atoms with Gasteiger partial charge in [-0.2, -0.15) is 10.2 Å². The summed E-state index contributed by atoms with van der Waals surface area (Å²) >= 11 is 0. The maximum Gasteiger partial charge on any atom is 0.137 e. The van der Waals surface area contributed by atoms with E-state index in [0.717, 1.165) is 29.1 Å². The highest BCUT2D eigenvalue weighted by Crippen LogP contribution is 2.25. The third kappa shape index (κ3) is 5.01. The van der Waals surface area contributed by atoms with Crippen LogP contribution >= 0.6 is 12.4 Å². The lowest BCUT2D eigenvalue weighted by Crippen LogP contribution is -2.15. The molecule has 4 rings (SSSR count). The number of H-pyrrole nitrogens is 1. The van der Waals surface area contributed by atoms with E-state index in [0.29, 0.717) is 13.1 Å². The summed E-state index contributed by atoms with van der Waals surface area (Å²) in [5, 5.41) is 15.0. The van der Waals surface area contributed by atoms with Crippen molar-refractivity contribution in [3.05, 3.63) is 84.1 Å². The fourth-order valence-electron chi connectivity index (χ4n) is 3.18. The van der Waals surface area contributed by atoms with Gasteiger partial charge in [0, 0.05) is 24.2 Å². The number of ether oxygens (including phenoxy) is 1. The molecule has 2 N–H and O–H groups in total. The van der Waals surface area contributed by atoms with Gasteiger partial charge < -0.3 is 10.1 Å². The predicted octanol–water partition coefficient (Wildman–Crippen LogP) is 3.44. The summed E-state index contributed by atoms with van der Waals surface area (Å²) < 4.78 is 7.16. The molecule has 0 saturated heterocycles. The average molecular weight is 411 g/mol. The maximum absolute atomic E-state index is 5.33. The number of nitrogens with one attached hydrogen (secondary N) is 2. The van der Waals surface area contributed by atoms with E-state index in [1.165, 1.54) is 11.1 Å². The second kappa shape index (κ2) is 9.86. The Morgan fingerprint density at radius 3 is 2.66 bits per heavy atom. The van der Waals surface area contributed by atoms with Crippen molar-refractivity contribution < 1.29 is 4.74 Å². The minimum absolute atomic E-state index is 0. The first kappa shape index (κ1) is 20.6. The predicted molar refractivity (Wildman–Crippen MR) is 114 cm³/mol. The zero-order chi connectivity index (χ0) is 19.2. The number of hydrogen-bond acceptors (Lipinski definition) is 5. The largest absolute Gasteiger partial charge is 0.497 e. The molecule has 150 valence electrons. The molecule has 0 unspecified atom stereocenters. The Morgan fingerprint density at radius 2 is 1.86 bits per heavy atom. The first-order valence-electron chi connectivity index (χ1n) is 9.10. The van der Waals surface area contributed by atoms with Gasteiger partial charge in [-0.05, 0) is 23.3 Å². The zero-order valence-electron chi connectivity index (χ0n) is 16.1. The summed E-state index contributed by atoms with van der Waals surface area (Å²) in [6.07, 6.45) is 5.15. The molecule has 29 heavy (non-hydrogen) atoms. The number of nitrogens with zero attached hydrogens (tertiary/aromatic N) is 4. The van der Waals surface area contributed by atoms with Gasteiger partial charge in [-0.25, -0.2) is 9.67 Å². The zero-order valence-corrected chi connectivity index (χ0v) is 16.9. The number of benzene rings is 2. The smallest absolute Gasteiger partial charge is 0.137 e. The van der Waals surface area contributed by atoms with Crippen LogP contribution in [0.25, 0.3) is 11.3 Å². The minimum atomic E-state index is 0. The van der Waals surface area contributed by atoms with Gasteiger partial charge in [0.1, 0.15) is 18.4 Å². The van der Waals surface area contributed by atoms with Crippen molar-refractivity contribution in [2.75, 3.05) is 7.11 Å². The lowest BCUT2D eigenvalue weighted by Gasteiger charge is -2.11. The van der Waals surface area contributed by atoms with Crippen LogP contribution in [0.3, 0.4) is 0 Å². The molecule has 0 amide bonds. The van der Waals surface area contributed by atoms with Crippen LogP contribution < -0.4 is 10.1 Å². The Kier molecular flexibility index (Phi) is 6.99. The molecule has 2 heterocycles. The minimum Gasteiger partial charge on any atom is -0.497 e. The first-order chi connectivity index (χ1) is 13.8. The van der Waals surface area contributed by atoms with Crippen molar-refractivity contribution in [3.63, 3.8) is 0 Å². The third-order valence-electron chi connectivity index (χ3n) is 4.62. The molecule has 0 aliphatic heterocycles. The molecule has 0 bridgehead atoms. The summed E-state index contributed by atoms with van der Waals surface area (Å²) in [5.41, 5.74) is 5.63. The Balaban J connectivity index is 0.00000240. The topological polar surface area (TPSA) is 80.6 Å². The van der Waals surface area contributed by atoms with Crippen LogP contribution in [-0.2, 0) is 19.6 Å². The van der Waals surface area contributed by atoms with Gasteiger partial charge in [0.15, 0.2) is 0 Å². The van der Waals surface area contributed by atoms with Crippen LogP contribution in [0.4, 0.5) is 0 Å². The highest BCUT2D eigenvalue weighted by Gasteiger charge is 2.09. The molecule has 8 heteroatoms. The van der Waals surface area contributed by atoms with Crippen molar-refractivity contribution >= 4 is 12.4 Å². The quantitative estimate of drug-likeness (QED) is 0.465. The normalized spacial score (nSPS) is 10.5. The van der Waals surface area contributed by atoms with Gasteiger partial charge in [0.2, 0.25) is 0 Å². The monoisotopic (exact) mass is 410 g/mol. The fraction of sp³-hybridized carbons (Fsp3) is 0.190. The van der Waals surface area contributed by atoms with E-state index in [9.17, 15) is 0 Å². The number of methoxy groups -OCH3 is 1. The molecular weight excluding hydrogens is 388 g/mol. The Labute approximate surface area is 175 Å². The van der Waals surface area contributed by atoms with Crippen LogP contribution in [0.1, 0.15) is 16.7 Å².